The second kappa shape index (κ2) is 7.13. The van der Waals surface area contributed by atoms with E-state index in [1.807, 2.05) is 24.5 Å². The molecule has 5 nitrogen and oxygen atoms in total. The number of nitrogens with one attached hydrogen (secondary N) is 1. The highest BCUT2D eigenvalue weighted by Crippen LogP contribution is 2.27. The molecular weight excluding hydrogens is 290 g/mol. The van der Waals surface area contributed by atoms with Crippen molar-refractivity contribution in [2.45, 2.75) is 12.8 Å². The standard InChI is InChI=1S/C18H21N3O2/c1-13-8-15(11-19-10-13)17(12-21-18-20-6-7-23-18)14-4-3-5-16(9-14)22-2/h3-5,8-11,17H,6-7,12H2,1-2H3,(H,20,21). The van der Waals surface area contributed by atoms with E-state index in [0.29, 0.717) is 19.2 Å². The van der Waals surface area contributed by atoms with Gasteiger partial charge in [0.15, 0.2) is 0 Å². The van der Waals surface area contributed by atoms with Crippen molar-refractivity contribution in [2.24, 2.45) is 4.99 Å². The molecule has 3 rings (SSSR count). The van der Waals surface area contributed by atoms with Crippen LogP contribution in [-0.2, 0) is 4.74 Å². The number of aromatic nitrogens is 1. The van der Waals surface area contributed by atoms with Crippen LogP contribution in [0, 0.1) is 6.92 Å². The number of pyridine rings is 1. The molecular formula is C18H21N3O2. The van der Waals surface area contributed by atoms with Gasteiger partial charge in [-0.2, -0.15) is 0 Å². The average Bonchev–Trinajstić information content (AvgIpc) is 3.09. The fourth-order valence-corrected chi connectivity index (χ4v) is 2.69. The molecule has 0 fully saturated rings. The lowest BCUT2D eigenvalue weighted by Crippen LogP contribution is -2.29. The Bertz CT molecular complexity index is 700. The molecule has 0 aliphatic carbocycles. The van der Waals surface area contributed by atoms with E-state index in [4.69, 9.17) is 9.47 Å². The quantitative estimate of drug-likeness (QED) is 0.922. The predicted molar refractivity (Wildman–Crippen MR) is 90.1 cm³/mol. The maximum atomic E-state index is 5.44. The summed E-state index contributed by atoms with van der Waals surface area (Å²) < 4.78 is 10.8. The molecule has 0 amide bonds. The van der Waals surface area contributed by atoms with Crippen LogP contribution in [0.2, 0.25) is 0 Å². The van der Waals surface area contributed by atoms with Crippen LogP contribution in [0.1, 0.15) is 22.6 Å². The summed E-state index contributed by atoms with van der Waals surface area (Å²) in [4.78, 5) is 8.62. The van der Waals surface area contributed by atoms with Gasteiger partial charge in [-0.25, -0.2) is 4.99 Å². The second-order valence-corrected chi connectivity index (χ2v) is 5.54. The molecule has 1 atom stereocenters. The molecule has 1 aromatic heterocycles. The zero-order valence-electron chi connectivity index (χ0n) is 13.5. The first-order valence-electron chi connectivity index (χ1n) is 7.73. The zero-order chi connectivity index (χ0) is 16.1. The highest BCUT2D eigenvalue weighted by atomic mass is 16.5. The monoisotopic (exact) mass is 311 g/mol. The van der Waals surface area contributed by atoms with Crippen molar-refractivity contribution in [3.63, 3.8) is 0 Å². The number of hydrogen-bond acceptors (Lipinski definition) is 5. The van der Waals surface area contributed by atoms with E-state index in [2.05, 4.69) is 40.4 Å². The Morgan fingerprint density at radius 3 is 2.91 bits per heavy atom. The summed E-state index contributed by atoms with van der Waals surface area (Å²) in [5.74, 6) is 0.993. The van der Waals surface area contributed by atoms with Crippen LogP contribution >= 0.6 is 0 Å². The molecule has 0 radical (unpaired) electrons. The van der Waals surface area contributed by atoms with Crippen LogP contribution in [-0.4, -0.2) is 37.8 Å². The Morgan fingerprint density at radius 1 is 1.26 bits per heavy atom. The van der Waals surface area contributed by atoms with Gasteiger partial charge in [-0.05, 0) is 35.7 Å². The number of aliphatic imine (C=N–C) groups is 1. The van der Waals surface area contributed by atoms with E-state index in [1.54, 1.807) is 7.11 Å². The summed E-state index contributed by atoms with van der Waals surface area (Å²) in [5.41, 5.74) is 3.47. The normalized spacial score (nSPS) is 14.8. The lowest BCUT2D eigenvalue weighted by molar-refractivity contribution is 0.331. The third-order valence-electron chi connectivity index (χ3n) is 3.84. The molecule has 1 N–H and O–H groups in total. The van der Waals surface area contributed by atoms with Crippen LogP contribution in [0.4, 0.5) is 0 Å². The molecule has 23 heavy (non-hydrogen) atoms. The van der Waals surface area contributed by atoms with Crippen molar-refractivity contribution in [3.05, 3.63) is 59.4 Å². The van der Waals surface area contributed by atoms with Crippen molar-refractivity contribution in [2.75, 3.05) is 26.8 Å². The summed E-state index contributed by atoms with van der Waals surface area (Å²) in [6.07, 6.45) is 3.78. The molecule has 2 aromatic rings. The van der Waals surface area contributed by atoms with Crippen molar-refractivity contribution >= 4 is 6.02 Å². The maximum Gasteiger partial charge on any atom is 0.284 e. The molecule has 1 aromatic carbocycles. The number of ether oxygens (including phenoxy) is 2. The summed E-state index contributed by atoms with van der Waals surface area (Å²) in [5, 5.41) is 3.29. The Labute approximate surface area is 136 Å². The van der Waals surface area contributed by atoms with E-state index in [-0.39, 0.29) is 5.92 Å². The fraction of sp³-hybridized carbons (Fsp3) is 0.333. The van der Waals surface area contributed by atoms with E-state index < -0.39 is 0 Å². The minimum absolute atomic E-state index is 0.143. The molecule has 0 bridgehead atoms. The zero-order valence-corrected chi connectivity index (χ0v) is 13.5. The summed E-state index contributed by atoms with van der Waals surface area (Å²) in [7, 11) is 1.68. The largest absolute Gasteiger partial charge is 0.497 e. The molecule has 1 aliphatic heterocycles. The first-order valence-corrected chi connectivity index (χ1v) is 7.73. The predicted octanol–water partition coefficient (Wildman–Crippen LogP) is 2.51. The maximum absolute atomic E-state index is 5.44. The Morgan fingerprint density at radius 2 is 2.17 bits per heavy atom. The third-order valence-corrected chi connectivity index (χ3v) is 3.84. The Balaban J connectivity index is 1.88. The SMILES string of the molecule is COc1cccc(C(CNC2=NCCO2)c2cncc(C)c2)c1. The molecule has 0 spiro atoms. The Kier molecular flexibility index (Phi) is 4.76. The van der Waals surface area contributed by atoms with Crippen LogP contribution in [0.5, 0.6) is 5.75 Å². The van der Waals surface area contributed by atoms with Crippen LogP contribution < -0.4 is 10.1 Å². The Hall–Kier alpha value is -2.56. The summed E-state index contributed by atoms with van der Waals surface area (Å²) in [6.45, 7) is 4.12. The minimum atomic E-state index is 0.143. The molecule has 0 saturated heterocycles. The van der Waals surface area contributed by atoms with Gasteiger partial charge in [-0.1, -0.05) is 18.2 Å². The van der Waals surface area contributed by atoms with Gasteiger partial charge in [-0.15, -0.1) is 0 Å². The molecule has 0 saturated carbocycles. The highest BCUT2D eigenvalue weighted by Gasteiger charge is 2.17. The highest BCUT2D eigenvalue weighted by molar-refractivity contribution is 5.74. The van der Waals surface area contributed by atoms with Gasteiger partial charge in [0.05, 0.1) is 13.7 Å². The molecule has 1 aliphatic rings. The van der Waals surface area contributed by atoms with Crippen LogP contribution in [0.15, 0.2) is 47.7 Å². The van der Waals surface area contributed by atoms with Gasteiger partial charge in [-0.3, -0.25) is 4.98 Å². The van der Waals surface area contributed by atoms with Crippen LogP contribution in [0.3, 0.4) is 0 Å². The molecule has 2 heterocycles. The first kappa shape index (κ1) is 15.3. The third kappa shape index (κ3) is 3.80. The number of benzene rings is 1. The number of aryl methyl sites for hydroxylation is 1. The molecule has 1 unspecified atom stereocenters. The van der Waals surface area contributed by atoms with E-state index in [9.17, 15) is 0 Å². The minimum Gasteiger partial charge on any atom is -0.497 e. The van der Waals surface area contributed by atoms with Crippen LogP contribution in [0.25, 0.3) is 0 Å². The van der Waals surface area contributed by atoms with Gasteiger partial charge in [0, 0.05) is 24.9 Å². The first-order chi connectivity index (χ1) is 11.3. The van der Waals surface area contributed by atoms with Crippen molar-refractivity contribution < 1.29 is 9.47 Å². The molecule has 5 heteroatoms. The molecule has 120 valence electrons. The topological polar surface area (TPSA) is 55.7 Å². The van der Waals surface area contributed by atoms with Crippen molar-refractivity contribution in [1.82, 2.24) is 10.3 Å². The van der Waals surface area contributed by atoms with Crippen molar-refractivity contribution in [1.29, 1.82) is 0 Å². The van der Waals surface area contributed by atoms with Gasteiger partial charge in [0.1, 0.15) is 12.4 Å². The van der Waals surface area contributed by atoms with Gasteiger partial charge in [0.2, 0.25) is 0 Å². The smallest absolute Gasteiger partial charge is 0.284 e. The van der Waals surface area contributed by atoms with E-state index >= 15 is 0 Å². The second-order valence-electron chi connectivity index (χ2n) is 5.54. The summed E-state index contributed by atoms with van der Waals surface area (Å²) in [6, 6.07) is 10.9. The number of amidine groups is 1. The lowest BCUT2D eigenvalue weighted by Gasteiger charge is -2.19. The average molecular weight is 311 g/mol. The van der Waals surface area contributed by atoms with Gasteiger partial charge < -0.3 is 14.8 Å². The number of hydrogen-bond donors (Lipinski definition) is 1. The van der Waals surface area contributed by atoms with E-state index in [0.717, 1.165) is 23.4 Å². The van der Waals surface area contributed by atoms with Gasteiger partial charge in [0.25, 0.3) is 6.02 Å². The van der Waals surface area contributed by atoms with Crippen molar-refractivity contribution in [3.8, 4) is 5.75 Å². The number of methoxy groups -OCH3 is 1. The van der Waals surface area contributed by atoms with Gasteiger partial charge >= 0.3 is 0 Å². The number of nitrogens with zero attached hydrogens (tertiary/aromatic N) is 2. The summed E-state index contributed by atoms with van der Waals surface area (Å²) >= 11 is 0. The lowest BCUT2D eigenvalue weighted by atomic mass is 9.91. The fourth-order valence-electron chi connectivity index (χ4n) is 2.69. The van der Waals surface area contributed by atoms with E-state index in [1.165, 1.54) is 5.56 Å². The number of rotatable bonds is 5.